The maximum atomic E-state index is 13.5. The molecule has 1 aliphatic carbocycles. The number of anilines is 2. The normalized spacial score (nSPS) is 20.4. The summed E-state index contributed by atoms with van der Waals surface area (Å²) in [7, 11) is 0. The van der Waals surface area contributed by atoms with E-state index in [0.717, 1.165) is 29.1 Å². The van der Waals surface area contributed by atoms with Crippen LogP contribution in [-0.2, 0) is 9.59 Å². The van der Waals surface area contributed by atoms with Gasteiger partial charge in [-0.3, -0.25) is 14.5 Å². The van der Waals surface area contributed by atoms with Crippen molar-refractivity contribution in [2.45, 2.75) is 46.6 Å². The highest BCUT2D eigenvalue weighted by Gasteiger charge is 2.43. The average molecular weight is 423 g/mol. The molecule has 0 spiro atoms. The molecule has 0 saturated carbocycles. The number of para-hydroxylation sites is 2. The number of ketones is 1. The monoisotopic (exact) mass is 422 g/mol. The molecule has 0 radical (unpaired) electrons. The number of rotatable bonds is 2. The average Bonchev–Trinajstić information content (AvgIpc) is 2.81. The van der Waals surface area contributed by atoms with Gasteiger partial charge in [0.2, 0.25) is 5.91 Å². The SMILES string of the molecule is CC(C)C(=O)N1c2ccccc2NC2=C(C(=O)CC(C)(C)C2)C1c1ccc(Cl)cc1. The quantitative estimate of drug-likeness (QED) is 0.632. The molecule has 1 amide bonds. The van der Waals surface area contributed by atoms with Gasteiger partial charge in [0.25, 0.3) is 0 Å². The first-order chi connectivity index (χ1) is 14.2. The van der Waals surface area contributed by atoms with Crippen molar-refractivity contribution in [3.8, 4) is 0 Å². The van der Waals surface area contributed by atoms with Crippen molar-refractivity contribution in [3.63, 3.8) is 0 Å². The predicted molar refractivity (Wildman–Crippen MR) is 122 cm³/mol. The maximum Gasteiger partial charge on any atom is 0.230 e. The Morgan fingerprint density at radius 1 is 1.10 bits per heavy atom. The minimum Gasteiger partial charge on any atom is -0.357 e. The molecular formula is C25H27ClN2O2. The summed E-state index contributed by atoms with van der Waals surface area (Å²) in [5, 5.41) is 4.14. The molecule has 1 unspecified atom stereocenters. The van der Waals surface area contributed by atoms with E-state index >= 15 is 0 Å². The second kappa shape index (κ2) is 7.59. The third kappa shape index (κ3) is 3.65. The lowest BCUT2D eigenvalue weighted by atomic mass is 9.73. The molecule has 156 valence electrons. The number of fused-ring (bicyclic) bond motifs is 1. The van der Waals surface area contributed by atoms with Crippen LogP contribution < -0.4 is 10.2 Å². The summed E-state index contributed by atoms with van der Waals surface area (Å²) in [5.74, 6) is -0.149. The second-order valence-corrected chi connectivity index (χ2v) is 9.73. The van der Waals surface area contributed by atoms with E-state index in [-0.39, 0.29) is 23.0 Å². The molecule has 0 aromatic heterocycles. The number of carbonyl (C=O) groups is 2. The van der Waals surface area contributed by atoms with E-state index in [4.69, 9.17) is 11.6 Å². The Hall–Kier alpha value is -2.59. The van der Waals surface area contributed by atoms with E-state index in [1.54, 1.807) is 4.90 Å². The van der Waals surface area contributed by atoms with Crippen LogP contribution in [-0.4, -0.2) is 11.7 Å². The summed E-state index contributed by atoms with van der Waals surface area (Å²) in [4.78, 5) is 28.8. The fraction of sp³-hybridized carbons (Fsp3) is 0.360. The molecule has 1 atom stereocenters. The van der Waals surface area contributed by atoms with Crippen LogP contribution in [0.25, 0.3) is 0 Å². The number of benzene rings is 2. The number of allylic oxidation sites excluding steroid dienone is 1. The van der Waals surface area contributed by atoms with Crippen LogP contribution in [0.2, 0.25) is 5.02 Å². The predicted octanol–water partition coefficient (Wildman–Crippen LogP) is 6.14. The summed E-state index contributed by atoms with van der Waals surface area (Å²) in [5.41, 5.74) is 3.97. The Morgan fingerprint density at radius 3 is 2.43 bits per heavy atom. The van der Waals surface area contributed by atoms with Crippen molar-refractivity contribution >= 4 is 34.7 Å². The molecule has 5 heteroatoms. The van der Waals surface area contributed by atoms with Crippen LogP contribution in [0.15, 0.2) is 59.8 Å². The lowest BCUT2D eigenvalue weighted by molar-refractivity contribution is -0.122. The van der Waals surface area contributed by atoms with Gasteiger partial charge in [0.05, 0.1) is 17.4 Å². The van der Waals surface area contributed by atoms with E-state index < -0.39 is 6.04 Å². The van der Waals surface area contributed by atoms with Gasteiger partial charge in [0.1, 0.15) is 0 Å². The highest BCUT2D eigenvalue weighted by Crippen LogP contribution is 2.48. The highest BCUT2D eigenvalue weighted by molar-refractivity contribution is 6.30. The summed E-state index contributed by atoms with van der Waals surface area (Å²) in [6.07, 6.45) is 1.20. The van der Waals surface area contributed by atoms with E-state index in [0.29, 0.717) is 17.0 Å². The Morgan fingerprint density at radius 2 is 1.77 bits per heavy atom. The van der Waals surface area contributed by atoms with Gasteiger partial charge in [-0.2, -0.15) is 0 Å². The standard InChI is InChI=1S/C25H27ClN2O2/c1-15(2)24(30)28-20-8-6-5-7-18(20)27-19-13-25(3,4)14-21(29)22(19)23(28)16-9-11-17(26)12-10-16/h5-12,15,23,27H,13-14H2,1-4H3. The van der Waals surface area contributed by atoms with Crippen LogP contribution in [0, 0.1) is 11.3 Å². The summed E-state index contributed by atoms with van der Waals surface area (Å²) < 4.78 is 0. The minimum atomic E-state index is -0.494. The number of hydrogen-bond acceptors (Lipinski definition) is 3. The molecule has 4 rings (SSSR count). The molecule has 2 aromatic rings. The first-order valence-electron chi connectivity index (χ1n) is 10.4. The fourth-order valence-electron chi connectivity index (χ4n) is 4.47. The van der Waals surface area contributed by atoms with Crippen LogP contribution in [0.5, 0.6) is 0 Å². The van der Waals surface area contributed by atoms with Crippen LogP contribution in [0.3, 0.4) is 0 Å². The van der Waals surface area contributed by atoms with Crippen LogP contribution in [0.1, 0.15) is 52.1 Å². The molecular weight excluding hydrogens is 396 g/mol. The number of amides is 1. The Balaban J connectivity index is 2.01. The van der Waals surface area contributed by atoms with Gasteiger partial charge in [-0.1, -0.05) is 63.6 Å². The Labute approximate surface area is 182 Å². The highest BCUT2D eigenvalue weighted by atomic mass is 35.5. The molecule has 4 nitrogen and oxygen atoms in total. The van der Waals surface area contributed by atoms with Gasteiger partial charge in [-0.05, 0) is 41.7 Å². The largest absolute Gasteiger partial charge is 0.357 e. The first kappa shape index (κ1) is 20.7. The number of hydrogen-bond donors (Lipinski definition) is 1. The van der Waals surface area contributed by atoms with Crippen LogP contribution >= 0.6 is 11.6 Å². The molecule has 0 fully saturated rings. The number of carbonyl (C=O) groups excluding carboxylic acids is 2. The zero-order chi connectivity index (χ0) is 21.6. The third-order valence-electron chi connectivity index (χ3n) is 5.82. The van der Waals surface area contributed by atoms with Crippen molar-refractivity contribution in [2.24, 2.45) is 11.3 Å². The summed E-state index contributed by atoms with van der Waals surface area (Å²) >= 11 is 6.14. The van der Waals surface area contributed by atoms with Crippen molar-refractivity contribution in [1.82, 2.24) is 0 Å². The van der Waals surface area contributed by atoms with E-state index in [9.17, 15) is 9.59 Å². The van der Waals surface area contributed by atoms with E-state index in [1.165, 1.54) is 0 Å². The Bertz CT molecular complexity index is 1040. The number of nitrogens with one attached hydrogen (secondary N) is 1. The van der Waals surface area contributed by atoms with Crippen molar-refractivity contribution in [2.75, 3.05) is 10.2 Å². The first-order valence-corrected chi connectivity index (χ1v) is 10.8. The van der Waals surface area contributed by atoms with Gasteiger partial charge in [-0.15, -0.1) is 0 Å². The fourth-order valence-corrected chi connectivity index (χ4v) is 4.59. The topological polar surface area (TPSA) is 49.4 Å². The molecule has 1 N–H and O–H groups in total. The molecule has 0 saturated heterocycles. The van der Waals surface area contributed by atoms with Gasteiger partial charge < -0.3 is 5.32 Å². The van der Waals surface area contributed by atoms with Crippen molar-refractivity contribution in [3.05, 3.63) is 70.4 Å². The Kier molecular flexibility index (Phi) is 5.23. The van der Waals surface area contributed by atoms with Crippen LogP contribution in [0.4, 0.5) is 11.4 Å². The number of halogens is 1. The molecule has 0 bridgehead atoms. The second-order valence-electron chi connectivity index (χ2n) is 9.29. The number of nitrogens with zero attached hydrogens (tertiary/aromatic N) is 1. The van der Waals surface area contributed by atoms with Gasteiger partial charge >= 0.3 is 0 Å². The van der Waals surface area contributed by atoms with Gasteiger partial charge in [0, 0.05) is 28.6 Å². The summed E-state index contributed by atoms with van der Waals surface area (Å²) in [6.45, 7) is 8.01. The molecule has 30 heavy (non-hydrogen) atoms. The zero-order valence-electron chi connectivity index (χ0n) is 17.8. The van der Waals surface area contributed by atoms with E-state index in [2.05, 4.69) is 19.2 Å². The van der Waals surface area contributed by atoms with Gasteiger partial charge in [0.15, 0.2) is 5.78 Å². The molecule has 1 aliphatic heterocycles. The lowest BCUT2D eigenvalue weighted by Crippen LogP contribution is -2.41. The molecule has 2 aromatic carbocycles. The smallest absolute Gasteiger partial charge is 0.230 e. The third-order valence-corrected chi connectivity index (χ3v) is 6.07. The maximum absolute atomic E-state index is 13.5. The zero-order valence-corrected chi connectivity index (χ0v) is 18.6. The lowest BCUT2D eigenvalue weighted by Gasteiger charge is -2.37. The molecule has 2 aliphatic rings. The van der Waals surface area contributed by atoms with E-state index in [1.807, 2.05) is 62.4 Å². The van der Waals surface area contributed by atoms with Crippen molar-refractivity contribution < 1.29 is 9.59 Å². The van der Waals surface area contributed by atoms with Gasteiger partial charge in [-0.25, -0.2) is 0 Å². The molecule has 1 heterocycles. The summed E-state index contributed by atoms with van der Waals surface area (Å²) in [6, 6.07) is 14.8. The van der Waals surface area contributed by atoms with Crippen molar-refractivity contribution in [1.29, 1.82) is 0 Å². The number of Topliss-reactive ketones (excluding diaryl/α,β-unsaturated/α-hetero) is 1. The minimum absolute atomic E-state index is 0.0180.